The third kappa shape index (κ3) is 4.79. The number of aromatic nitrogens is 3. The molecule has 0 atom stereocenters. The van der Waals surface area contributed by atoms with Crippen molar-refractivity contribution in [3.05, 3.63) is 212 Å². The zero-order valence-corrected chi connectivity index (χ0v) is 28.4. The van der Waals surface area contributed by atoms with Crippen LogP contribution in [0.15, 0.2) is 212 Å². The lowest BCUT2D eigenvalue weighted by molar-refractivity contribution is 1.16. The summed E-state index contributed by atoms with van der Waals surface area (Å²) in [5, 5.41) is -3.63. The molecule has 0 aliphatic carbocycles. The maximum Gasteiger partial charge on any atom is 0.0651 e. The van der Waals surface area contributed by atoms with E-state index in [1.807, 2.05) is 0 Å². The van der Waals surface area contributed by atoms with Crippen LogP contribution in [0.3, 0.4) is 0 Å². The highest BCUT2D eigenvalue weighted by atomic mass is 15.0. The van der Waals surface area contributed by atoms with Crippen molar-refractivity contribution in [1.82, 2.24) is 13.7 Å². The second kappa shape index (κ2) is 12.5. The molecule has 0 saturated heterocycles. The molecular weight excluding hydrogens is 691 g/mol. The molecule has 57 heavy (non-hydrogen) atoms. The van der Waals surface area contributed by atoms with E-state index in [1.54, 1.807) is 0 Å². The molecule has 3 heteroatoms. The van der Waals surface area contributed by atoms with Crippen LogP contribution >= 0.6 is 0 Å². The van der Waals surface area contributed by atoms with Crippen LogP contribution in [-0.4, -0.2) is 13.7 Å². The summed E-state index contributed by atoms with van der Waals surface area (Å²) in [6, 6.07) is -33.0. The van der Waals surface area contributed by atoms with Gasteiger partial charge in [0.1, 0.15) is 0 Å². The van der Waals surface area contributed by atoms with Crippen LogP contribution in [0.25, 0.3) is 105 Å². The zero-order valence-electron chi connectivity index (χ0n) is 62.4. The topological polar surface area (TPSA) is 14.8 Å². The summed E-state index contributed by atoms with van der Waals surface area (Å²) in [5.74, 6) is 0. The van der Waals surface area contributed by atoms with E-state index in [0.717, 1.165) is 15.2 Å². The first-order valence-electron chi connectivity index (χ1n) is 33.8. The molecule has 12 aromatic rings. The smallest absolute Gasteiger partial charge is 0.0651 e. The number of benzene rings is 9. The van der Waals surface area contributed by atoms with Gasteiger partial charge in [-0.2, -0.15) is 0 Å². The summed E-state index contributed by atoms with van der Waals surface area (Å²) in [6.07, 6.45) is 0. The maximum atomic E-state index is 10.1. The molecule has 0 radical (unpaired) electrons. The van der Waals surface area contributed by atoms with Crippen LogP contribution in [0.2, 0.25) is 0 Å². The highest BCUT2D eigenvalue weighted by Gasteiger charge is 2.21. The Labute approximate surface area is 377 Å². The average molecular weight is 760 g/mol. The van der Waals surface area contributed by atoms with Crippen molar-refractivity contribution in [2.75, 3.05) is 0 Å². The number of rotatable bonds is 5. The van der Waals surface area contributed by atoms with E-state index in [4.69, 9.17) is 27.4 Å². The molecule has 12 rings (SSSR count). The summed E-state index contributed by atoms with van der Waals surface area (Å²) in [4.78, 5) is 0. The van der Waals surface area contributed by atoms with Crippen molar-refractivity contribution < 1.29 is 46.6 Å². The van der Waals surface area contributed by atoms with Crippen molar-refractivity contribution in [1.29, 1.82) is 0 Å². The number of hydrogen-bond acceptors (Lipinski definition) is 0. The Morgan fingerprint density at radius 1 is 0.281 bits per heavy atom. The quantitative estimate of drug-likeness (QED) is 0.166. The third-order valence-corrected chi connectivity index (χ3v) is 9.39. The van der Waals surface area contributed by atoms with Gasteiger partial charge in [0.25, 0.3) is 0 Å². The molecule has 0 saturated carbocycles. The normalized spacial score (nSPS) is 20.2. The second-order valence-electron chi connectivity index (χ2n) is 12.4. The predicted octanol–water partition coefficient (Wildman–Crippen LogP) is 14.3. The Bertz CT molecular complexity index is 5290. The first-order valence-corrected chi connectivity index (χ1v) is 16.8. The first-order chi connectivity index (χ1) is 42.4. The van der Waals surface area contributed by atoms with Gasteiger partial charge in [0, 0.05) is 43.7 Å². The molecule has 3 aromatic heterocycles. The minimum absolute atomic E-state index is 0.480. The lowest BCUT2D eigenvalue weighted by atomic mass is 9.98. The molecule has 0 N–H and O–H groups in total. The van der Waals surface area contributed by atoms with Crippen LogP contribution in [0.4, 0.5) is 0 Å². The molecule has 9 aromatic carbocycles. The summed E-state index contributed by atoms with van der Waals surface area (Å²) >= 11 is 0. The molecular formula is C54H35N3. The molecule has 0 amide bonds. The van der Waals surface area contributed by atoms with Crippen LogP contribution in [-0.2, 0) is 0 Å². The Balaban J connectivity index is 1.39. The molecule has 0 bridgehead atoms. The van der Waals surface area contributed by atoms with Crippen LogP contribution in [0.1, 0.15) is 46.6 Å². The van der Waals surface area contributed by atoms with Crippen LogP contribution in [0, 0.1) is 0 Å². The van der Waals surface area contributed by atoms with Crippen LogP contribution in [0.5, 0.6) is 0 Å². The van der Waals surface area contributed by atoms with Crippen molar-refractivity contribution in [2.45, 2.75) is 0 Å². The number of nitrogens with zero attached hydrogens (tertiary/aromatic N) is 3. The van der Waals surface area contributed by atoms with E-state index in [9.17, 15) is 19.2 Å². The van der Waals surface area contributed by atoms with Gasteiger partial charge in [-0.3, -0.25) is 0 Å². The van der Waals surface area contributed by atoms with Crippen LogP contribution < -0.4 is 0 Å². The van der Waals surface area contributed by atoms with Gasteiger partial charge in [-0.25, -0.2) is 0 Å². The average Bonchev–Trinajstić information content (AvgIpc) is 1.57. The Kier molecular flexibility index (Phi) is 2.84. The van der Waals surface area contributed by atoms with Gasteiger partial charge in [-0.15, -0.1) is 0 Å². The second-order valence-corrected chi connectivity index (χ2v) is 12.4. The molecule has 3 heterocycles. The molecule has 0 aliphatic heterocycles. The van der Waals surface area contributed by atoms with Crippen molar-refractivity contribution in [3.63, 3.8) is 0 Å². The van der Waals surface area contributed by atoms with Crippen molar-refractivity contribution in [2.24, 2.45) is 0 Å². The van der Waals surface area contributed by atoms with Crippen molar-refractivity contribution >= 4 is 65.4 Å². The highest BCUT2D eigenvalue weighted by Crippen LogP contribution is 2.42. The molecule has 0 fully saturated rings. The largest absolute Gasteiger partial charge is 0.309 e. The summed E-state index contributed by atoms with van der Waals surface area (Å²) in [7, 11) is 0. The van der Waals surface area contributed by atoms with Gasteiger partial charge in [0.05, 0.1) is 85.4 Å². The summed E-state index contributed by atoms with van der Waals surface area (Å²) in [5.41, 5.74) is -10.6. The van der Waals surface area contributed by atoms with Gasteiger partial charge in [-0.1, -0.05) is 145 Å². The van der Waals surface area contributed by atoms with Gasteiger partial charge in [-0.05, 0) is 88.7 Å². The molecule has 3 nitrogen and oxygen atoms in total. The standard InChI is InChI=1S/C54H35N3/c1-3-16-36(17-4-1)38-32-39(37-18-5-2-6-19-37)34-41(33-38)56-50-27-14-10-23-46(50)54-51(56)28-15-29-52(54)57-49-26-13-9-22-44(49)45-31-30-40(35-53(45)57)55-47-24-11-7-20-42(47)43-21-8-12-25-48(43)55/h1-35H/i1D,2D,3D,4D,5D,6D,7D,8D,9D,10D,11D,12D,13D,14D,15D,16D,17D,18D,19D,20D,21D,22D,23D,24D,25D,26D,27D,28D,29D,30D,31D,32D,33D,34D. The Hall–Kier alpha value is -7.62. The van der Waals surface area contributed by atoms with E-state index >= 15 is 0 Å². The fraction of sp³-hybridized carbons (Fsp3) is 0. The van der Waals surface area contributed by atoms with E-state index in [2.05, 4.69) is 0 Å². The summed E-state index contributed by atoms with van der Waals surface area (Å²) < 4.78 is 314. The lowest BCUT2D eigenvalue weighted by Crippen LogP contribution is -1.98. The number of para-hydroxylation sites is 4. The van der Waals surface area contributed by atoms with E-state index in [-0.39, 0.29) is 0 Å². The Morgan fingerprint density at radius 2 is 0.719 bits per heavy atom. The fourth-order valence-corrected chi connectivity index (χ4v) is 7.10. The SMILES string of the molecule is [2H]c1c([2H])c([2H])c(-c2c([2H])c(-c3c([2H])c([2H])c([2H])c([2H])c3[2H])c([2H])c(-n3c4c([2H])c([2H])c([2H])c([2H])c4c4c(-n5c6cc(-n7c8c([2H])c([2H])c([2H])c([2H])c8c8c([2H])c([2H])c([2H])c([2H])c87)c([2H])c([2H])c6c6c([2H])c([2H])c([2H])c([2H])c65)c([2H])c([2H])c([2H])c43)c2[2H])c([2H])c1[2H]. The first kappa shape index (κ1) is 13.0. The van der Waals surface area contributed by atoms with E-state index in [1.165, 1.54) is 0 Å². The predicted molar refractivity (Wildman–Crippen MR) is 240 cm³/mol. The minimum Gasteiger partial charge on any atom is -0.309 e. The number of fused-ring (bicyclic) bond motifs is 9. The Morgan fingerprint density at radius 3 is 1.30 bits per heavy atom. The minimum atomic E-state index is -1.21. The van der Waals surface area contributed by atoms with Gasteiger partial charge < -0.3 is 13.7 Å². The molecule has 0 aliphatic rings. The van der Waals surface area contributed by atoms with Gasteiger partial charge >= 0.3 is 0 Å². The maximum absolute atomic E-state index is 10.1. The molecule has 0 unspecified atom stereocenters. The monoisotopic (exact) mass is 759 g/mol. The van der Waals surface area contributed by atoms with E-state index in [0.29, 0.717) is 4.57 Å². The van der Waals surface area contributed by atoms with Gasteiger partial charge in [0.2, 0.25) is 0 Å². The molecule has 266 valence electrons. The zero-order chi connectivity index (χ0) is 67.0. The fourth-order valence-electron chi connectivity index (χ4n) is 7.10. The van der Waals surface area contributed by atoms with Gasteiger partial charge in [0.15, 0.2) is 0 Å². The highest BCUT2D eigenvalue weighted by molar-refractivity contribution is 6.17. The number of hydrogen-bond donors (Lipinski definition) is 0. The lowest BCUT2D eigenvalue weighted by Gasteiger charge is -2.15. The third-order valence-electron chi connectivity index (χ3n) is 9.39. The van der Waals surface area contributed by atoms with Crippen molar-refractivity contribution in [3.8, 4) is 39.3 Å². The molecule has 0 spiro atoms. The summed E-state index contributed by atoms with van der Waals surface area (Å²) in [6.45, 7) is 0. The van der Waals surface area contributed by atoms with E-state index < -0.39 is 310 Å².